The van der Waals surface area contributed by atoms with Gasteiger partial charge >= 0.3 is 0 Å². The molecule has 4 heteroatoms. The van der Waals surface area contributed by atoms with Crippen molar-refractivity contribution >= 4 is 10.0 Å². The Morgan fingerprint density at radius 2 is 1.65 bits per heavy atom. The fourth-order valence-corrected chi connectivity index (χ4v) is 3.27. The molecule has 1 aromatic carbocycles. The Labute approximate surface area is 104 Å². The van der Waals surface area contributed by atoms with Gasteiger partial charge in [0.2, 0.25) is 10.0 Å². The molecule has 0 spiro atoms. The maximum Gasteiger partial charge on any atom is 0.241 e. The van der Waals surface area contributed by atoms with Gasteiger partial charge in [-0.2, -0.15) is 0 Å². The highest BCUT2D eigenvalue weighted by molar-refractivity contribution is 7.89. The molecular formula is C13H21NO2S. The van der Waals surface area contributed by atoms with Crippen LogP contribution in [0, 0.1) is 20.8 Å². The summed E-state index contributed by atoms with van der Waals surface area (Å²) in [6, 6.07) is 3.62. The van der Waals surface area contributed by atoms with Crippen LogP contribution in [0.25, 0.3) is 0 Å². The molecule has 0 radical (unpaired) electrons. The molecule has 1 aromatic rings. The molecule has 0 aliphatic carbocycles. The number of rotatable bonds is 4. The summed E-state index contributed by atoms with van der Waals surface area (Å²) in [5.74, 6) is 0. The van der Waals surface area contributed by atoms with E-state index in [1.807, 2.05) is 40.7 Å². The third-order valence-corrected chi connectivity index (χ3v) is 4.78. The van der Waals surface area contributed by atoms with Crippen LogP contribution in [-0.4, -0.2) is 14.5 Å². The number of nitrogens with one attached hydrogen (secondary N) is 1. The Morgan fingerprint density at radius 1 is 1.12 bits per heavy atom. The van der Waals surface area contributed by atoms with E-state index < -0.39 is 10.0 Å². The van der Waals surface area contributed by atoms with Gasteiger partial charge in [-0.3, -0.25) is 0 Å². The van der Waals surface area contributed by atoms with Gasteiger partial charge < -0.3 is 0 Å². The smallest absolute Gasteiger partial charge is 0.208 e. The van der Waals surface area contributed by atoms with Crippen molar-refractivity contribution in [2.75, 3.05) is 0 Å². The predicted octanol–water partition coefficient (Wildman–Crippen LogP) is 2.69. The van der Waals surface area contributed by atoms with Gasteiger partial charge in [0.25, 0.3) is 0 Å². The van der Waals surface area contributed by atoms with E-state index in [1.54, 1.807) is 6.07 Å². The Kier molecular flexibility index (Phi) is 4.33. The van der Waals surface area contributed by atoms with Gasteiger partial charge in [0.15, 0.2) is 0 Å². The van der Waals surface area contributed by atoms with Gasteiger partial charge in [0.05, 0.1) is 4.90 Å². The quantitative estimate of drug-likeness (QED) is 0.899. The first-order chi connectivity index (χ1) is 7.77. The van der Waals surface area contributed by atoms with E-state index in [4.69, 9.17) is 0 Å². The molecule has 0 aromatic heterocycles. The van der Waals surface area contributed by atoms with E-state index >= 15 is 0 Å². The SMILES string of the molecule is CC[C@@H](C)NS(=O)(=O)c1cc(C)c(C)cc1C. The third-order valence-electron chi connectivity index (χ3n) is 3.05. The summed E-state index contributed by atoms with van der Waals surface area (Å²) < 4.78 is 27.0. The van der Waals surface area contributed by atoms with Gasteiger partial charge in [0.1, 0.15) is 0 Å². The summed E-state index contributed by atoms with van der Waals surface area (Å²) in [5, 5.41) is 0. The second-order valence-electron chi connectivity index (χ2n) is 4.63. The van der Waals surface area contributed by atoms with Gasteiger partial charge in [-0.15, -0.1) is 0 Å². The van der Waals surface area contributed by atoms with Crippen LogP contribution < -0.4 is 4.72 Å². The molecule has 0 amide bonds. The first-order valence-corrected chi connectivity index (χ1v) is 7.36. The van der Waals surface area contributed by atoms with Crippen LogP contribution in [0.15, 0.2) is 17.0 Å². The molecule has 1 N–H and O–H groups in total. The summed E-state index contributed by atoms with van der Waals surface area (Å²) in [6.07, 6.45) is 0.781. The van der Waals surface area contributed by atoms with Crippen molar-refractivity contribution in [1.29, 1.82) is 0 Å². The molecule has 3 nitrogen and oxygen atoms in total. The fraction of sp³-hybridized carbons (Fsp3) is 0.538. The van der Waals surface area contributed by atoms with Crippen LogP contribution >= 0.6 is 0 Å². The maximum absolute atomic E-state index is 12.2. The predicted molar refractivity (Wildman–Crippen MR) is 70.7 cm³/mol. The van der Waals surface area contributed by atoms with Crippen LogP contribution in [0.1, 0.15) is 37.0 Å². The lowest BCUT2D eigenvalue weighted by Gasteiger charge is -2.15. The highest BCUT2D eigenvalue weighted by Gasteiger charge is 2.19. The molecule has 0 aliphatic heterocycles. The number of hydrogen-bond donors (Lipinski definition) is 1. The molecule has 0 heterocycles. The van der Waals surface area contributed by atoms with Gasteiger partial charge in [-0.25, -0.2) is 13.1 Å². The topological polar surface area (TPSA) is 46.2 Å². The van der Waals surface area contributed by atoms with E-state index in [1.165, 1.54) is 0 Å². The minimum absolute atomic E-state index is 0.0407. The first kappa shape index (κ1) is 14.2. The maximum atomic E-state index is 12.2. The molecule has 0 bridgehead atoms. The fourth-order valence-electron chi connectivity index (χ4n) is 1.64. The van der Waals surface area contributed by atoms with Crippen molar-refractivity contribution in [1.82, 2.24) is 4.72 Å². The summed E-state index contributed by atoms with van der Waals surface area (Å²) in [5.41, 5.74) is 2.91. The number of aryl methyl sites for hydroxylation is 3. The number of benzene rings is 1. The zero-order valence-electron chi connectivity index (χ0n) is 11.2. The van der Waals surface area contributed by atoms with Crippen molar-refractivity contribution in [3.63, 3.8) is 0 Å². The first-order valence-electron chi connectivity index (χ1n) is 5.88. The van der Waals surface area contributed by atoms with Crippen LogP contribution in [0.3, 0.4) is 0 Å². The highest BCUT2D eigenvalue weighted by atomic mass is 32.2. The molecule has 0 aliphatic rings. The second kappa shape index (κ2) is 5.19. The molecule has 0 fully saturated rings. The number of sulfonamides is 1. The second-order valence-corrected chi connectivity index (χ2v) is 6.31. The largest absolute Gasteiger partial charge is 0.241 e. The van der Waals surface area contributed by atoms with E-state index in [0.29, 0.717) is 4.90 Å². The summed E-state index contributed by atoms with van der Waals surface area (Å²) in [6.45, 7) is 9.57. The van der Waals surface area contributed by atoms with Gasteiger partial charge in [-0.1, -0.05) is 13.0 Å². The lowest BCUT2D eigenvalue weighted by atomic mass is 10.1. The normalized spacial score (nSPS) is 13.7. The van der Waals surface area contributed by atoms with Crippen LogP contribution in [0.4, 0.5) is 0 Å². The Balaban J connectivity index is 3.20. The van der Waals surface area contributed by atoms with Crippen LogP contribution in [0.2, 0.25) is 0 Å². The average Bonchev–Trinajstić information content (AvgIpc) is 2.22. The lowest BCUT2D eigenvalue weighted by molar-refractivity contribution is 0.555. The van der Waals surface area contributed by atoms with Gasteiger partial charge in [-0.05, 0) is 56.9 Å². The van der Waals surface area contributed by atoms with Crippen LogP contribution in [0.5, 0.6) is 0 Å². The summed E-state index contributed by atoms with van der Waals surface area (Å²) in [4.78, 5) is 0.390. The van der Waals surface area contributed by atoms with E-state index in [2.05, 4.69) is 4.72 Å². The molecule has 0 saturated heterocycles. The molecular weight excluding hydrogens is 234 g/mol. The molecule has 0 unspecified atom stereocenters. The highest BCUT2D eigenvalue weighted by Crippen LogP contribution is 2.20. The molecule has 1 atom stereocenters. The lowest BCUT2D eigenvalue weighted by Crippen LogP contribution is -2.32. The van der Waals surface area contributed by atoms with Crippen molar-refractivity contribution < 1.29 is 8.42 Å². The monoisotopic (exact) mass is 255 g/mol. The van der Waals surface area contributed by atoms with Crippen LogP contribution in [-0.2, 0) is 10.0 Å². The number of hydrogen-bond acceptors (Lipinski definition) is 2. The van der Waals surface area contributed by atoms with E-state index in [0.717, 1.165) is 23.1 Å². The molecule has 17 heavy (non-hydrogen) atoms. The third kappa shape index (κ3) is 3.30. The molecule has 1 rings (SSSR count). The van der Waals surface area contributed by atoms with E-state index in [-0.39, 0.29) is 6.04 Å². The van der Waals surface area contributed by atoms with Gasteiger partial charge in [0, 0.05) is 6.04 Å². The minimum Gasteiger partial charge on any atom is -0.208 e. The Bertz CT molecular complexity index is 506. The summed E-state index contributed by atoms with van der Waals surface area (Å²) in [7, 11) is -3.39. The zero-order chi connectivity index (χ0) is 13.2. The van der Waals surface area contributed by atoms with Crippen molar-refractivity contribution in [2.24, 2.45) is 0 Å². The van der Waals surface area contributed by atoms with Crippen molar-refractivity contribution in [3.8, 4) is 0 Å². The standard InChI is InChI=1S/C13H21NO2S/c1-6-12(5)14-17(15,16)13-8-10(3)9(2)7-11(13)4/h7-8,12,14H,6H2,1-5H3/t12-/m1/s1. The average molecular weight is 255 g/mol. The molecule has 96 valence electrons. The minimum atomic E-state index is -3.39. The summed E-state index contributed by atoms with van der Waals surface area (Å²) >= 11 is 0. The Hall–Kier alpha value is -0.870. The van der Waals surface area contributed by atoms with Crippen molar-refractivity contribution in [3.05, 3.63) is 28.8 Å². The van der Waals surface area contributed by atoms with E-state index in [9.17, 15) is 8.42 Å². The molecule has 0 saturated carbocycles. The Morgan fingerprint density at radius 3 is 2.18 bits per heavy atom. The van der Waals surface area contributed by atoms with Crippen molar-refractivity contribution in [2.45, 2.75) is 52.0 Å². The zero-order valence-corrected chi connectivity index (χ0v) is 12.0.